The lowest BCUT2D eigenvalue weighted by atomic mass is 10.1. The summed E-state index contributed by atoms with van der Waals surface area (Å²) >= 11 is 22.8. The Labute approximate surface area is 124 Å². The van der Waals surface area contributed by atoms with Crippen molar-refractivity contribution in [3.63, 3.8) is 0 Å². The van der Waals surface area contributed by atoms with Crippen molar-refractivity contribution in [2.45, 2.75) is 17.1 Å². The summed E-state index contributed by atoms with van der Waals surface area (Å²) in [6.07, 6.45) is 0. The summed E-state index contributed by atoms with van der Waals surface area (Å²) in [6.45, 7) is 1.54. The molecule has 1 atom stereocenters. The van der Waals surface area contributed by atoms with Gasteiger partial charge in [0.05, 0.1) is 14.3 Å². The lowest BCUT2D eigenvalue weighted by molar-refractivity contribution is 0.564. The highest BCUT2D eigenvalue weighted by molar-refractivity contribution is 9.11. The fraction of sp³-hybridized carbons (Fsp3) is 0.333. The highest BCUT2D eigenvalue weighted by Gasteiger charge is 2.27. The molecule has 0 saturated carbocycles. The summed E-state index contributed by atoms with van der Waals surface area (Å²) in [6, 6.07) is 0. The van der Waals surface area contributed by atoms with E-state index in [2.05, 4.69) is 31.9 Å². The van der Waals surface area contributed by atoms with Gasteiger partial charge in [-0.3, -0.25) is 0 Å². The Morgan fingerprint density at radius 3 is 1.69 bits per heavy atom. The SMILES string of the molecule is CC(Cl)c1c(F)c(Br)c(C(Cl)Cl)c(F)c1Br. The molecule has 16 heavy (non-hydrogen) atoms. The number of halogens is 7. The molecule has 0 fully saturated rings. The maximum absolute atomic E-state index is 13.9. The van der Waals surface area contributed by atoms with Gasteiger partial charge >= 0.3 is 0 Å². The summed E-state index contributed by atoms with van der Waals surface area (Å²) < 4.78 is 27.5. The second-order valence-corrected chi connectivity index (χ2v) is 6.34. The highest BCUT2D eigenvalue weighted by Crippen LogP contribution is 2.43. The Bertz CT molecular complexity index is 354. The lowest BCUT2D eigenvalue weighted by Gasteiger charge is -2.15. The summed E-state index contributed by atoms with van der Waals surface area (Å²) in [5.41, 5.74) is -0.113. The second kappa shape index (κ2) is 5.70. The van der Waals surface area contributed by atoms with Crippen LogP contribution in [0.2, 0.25) is 0 Å². The zero-order valence-electron chi connectivity index (χ0n) is 7.80. The average Bonchev–Trinajstić information content (AvgIpc) is 2.14. The van der Waals surface area contributed by atoms with E-state index in [0.29, 0.717) is 0 Å². The molecule has 0 aliphatic rings. The first-order valence-corrected chi connectivity index (χ1v) is 6.96. The van der Waals surface area contributed by atoms with Gasteiger partial charge in [0.25, 0.3) is 0 Å². The Hall–Kier alpha value is 0.910. The fourth-order valence-corrected chi connectivity index (χ4v) is 3.56. The van der Waals surface area contributed by atoms with E-state index in [1.54, 1.807) is 0 Å². The molecule has 1 rings (SSSR count). The molecule has 0 bridgehead atoms. The third-order valence-corrected chi connectivity index (χ3v) is 4.15. The Kier molecular flexibility index (Phi) is 5.33. The Morgan fingerprint density at radius 1 is 0.938 bits per heavy atom. The van der Waals surface area contributed by atoms with E-state index in [1.165, 1.54) is 6.92 Å². The third kappa shape index (κ3) is 2.66. The van der Waals surface area contributed by atoms with Gasteiger partial charge in [0.15, 0.2) is 0 Å². The van der Waals surface area contributed by atoms with E-state index >= 15 is 0 Å². The molecule has 7 heteroatoms. The van der Waals surface area contributed by atoms with Gasteiger partial charge in [-0.2, -0.15) is 0 Å². The van der Waals surface area contributed by atoms with Crippen LogP contribution in [-0.2, 0) is 0 Å². The fourth-order valence-electron chi connectivity index (χ4n) is 1.21. The zero-order chi connectivity index (χ0) is 12.6. The van der Waals surface area contributed by atoms with Gasteiger partial charge in [-0.1, -0.05) is 23.2 Å². The minimum Gasteiger partial charge on any atom is -0.205 e. The van der Waals surface area contributed by atoms with Crippen LogP contribution in [0.4, 0.5) is 8.78 Å². The number of hydrogen-bond acceptors (Lipinski definition) is 0. The molecule has 0 nitrogen and oxygen atoms in total. The van der Waals surface area contributed by atoms with Crippen molar-refractivity contribution in [1.82, 2.24) is 0 Å². The summed E-state index contributed by atoms with van der Waals surface area (Å²) in [4.78, 5) is -1.17. The second-order valence-electron chi connectivity index (χ2n) is 3.00. The van der Waals surface area contributed by atoms with Crippen LogP contribution in [-0.4, -0.2) is 0 Å². The van der Waals surface area contributed by atoms with Gasteiger partial charge in [-0.15, -0.1) is 11.6 Å². The van der Waals surface area contributed by atoms with Gasteiger partial charge in [0.2, 0.25) is 0 Å². The predicted octanol–water partition coefficient (Wildman–Crippen LogP) is 6.27. The van der Waals surface area contributed by atoms with E-state index in [4.69, 9.17) is 34.8 Å². The predicted molar refractivity (Wildman–Crippen MR) is 70.5 cm³/mol. The van der Waals surface area contributed by atoms with Crippen LogP contribution in [0.25, 0.3) is 0 Å². The Morgan fingerprint density at radius 2 is 1.31 bits per heavy atom. The molecule has 0 aliphatic heterocycles. The molecule has 0 radical (unpaired) electrons. The van der Waals surface area contributed by atoms with Crippen LogP contribution in [0.1, 0.15) is 28.3 Å². The maximum atomic E-state index is 13.9. The van der Waals surface area contributed by atoms with Crippen molar-refractivity contribution >= 4 is 66.7 Å². The van der Waals surface area contributed by atoms with Crippen molar-refractivity contribution in [3.8, 4) is 0 Å². The van der Waals surface area contributed by atoms with Crippen molar-refractivity contribution in [1.29, 1.82) is 0 Å². The van der Waals surface area contributed by atoms with Crippen LogP contribution >= 0.6 is 66.7 Å². The minimum atomic E-state index is -1.17. The smallest absolute Gasteiger partial charge is 0.144 e. The van der Waals surface area contributed by atoms with E-state index < -0.39 is 21.8 Å². The van der Waals surface area contributed by atoms with Crippen LogP contribution < -0.4 is 0 Å². The molecule has 0 aliphatic carbocycles. The number of rotatable bonds is 2. The first-order valence-electron chi connectivity index (χ1n) is 4.07. The van der Waals surface area contributed by atoms with Gasteiger partial charge < -0.3 is 0 Å². The molecular formula is C9H5Br2Cl3F2. The summed E-state index contributed by atoms with van der Waals surface area (Å²) in [5.74, 6) is -1.39. The third-order valence-electron chi connectivity index (χ3n) is 1.95. The molecule has 0 aromatic heterocycles. The average molecular weight is 417 g/mol. The van der Waals surface area contributed by atoms with E-state index in [9.17, 15) is 8.78 Å². The highest BCUT2D eigenvalue weighted by atomic mass is 79.9. The first-order chi connectivity index (χ1) is 7.29. The molecule has 1 aromatic carbocycles. The topological polar surface area (TPSA) is 0 Å². The molecule has 1 unspecified atom stereocenters. The number of benzene rings is 1. The van der Waals surface area contributed by atoms with Crippen molar-refractivity contribution in [2.75, 3.05) is 0 Å². The van der Waals surface area contributed by atoms with Crippen LogP contribution in [0.5, 0.6) is 0 Å². The molecule has 0 N–H and O–H groups in total. The van der Waals surface area contributed by atoms with E-state index in [-0.39, 0.29) is 20.1 Å². The first kappa shape index (κ1) is 15.0. The van der Waals surface area contributed by atoms with E-state index in [0.717, 1.165) is 0 Å². The largest absolute Gasteiger partial charge is 0.205 e. The molecule has 90 valence electrons. The molecular weight excluding hydrogens is 412 g/mol. The van der Waals surface area contributed by atoms with Gasteiger partial charge in [-0.25, -0.2) is 8.78 Å². The molecule has 0 heterocycles. The standard InChI is InChI=1S/C9H5Br2Cl3F2/c1-2(12)3-5(10)8(16)4(9(13)14)6(11)7(3)15/h2,9H,1H3. The number of hydrogen-bond donors (Lipinski definition) is 0. The van der Waals surface area contributed by atoms with Gasteiger partial charge in [0.1, 0.15) is 16.5 Å². The van der Waals surface area contributed by atoms with Crippen LogP contribution in [0.15, 0.2) is 8.95 Å². The molecule has 0 amide bonds. The van der Waals surface area contributed by atoms with Crippen molar-refractivity contribution in [2.24, 2.45) is 0 Å². The molecule has 1 aromatic rings. The minimum absolute atomic E-state index is 0.0313. The normalized spacial score (nSPS) is 13.3. The molecule has 0 saturated heterocycles. The summed E-state index contributed by atoms with van der Waals surface area (Å²) in [7, 11) is 0. The van der Waals surface area contributed by atoms with Crippen LogP contribution in [0, 0.1) is 11.6 Å². The maximum Gasteiger partial charge on any atom is 0.144 e. The number of alkyl halides is 3. The van der Waals surface area contributed by atoms with Gasteiger partial charge in [-0.05, 0) is 38.8 Å². The van der Waals surface area contributed by atoms with Crippen LogP contribution in [0.3, 0.4) is 0 Å². The quantitative estimate of drug-likeness (QED) is 0.393. The van der Waals surface area contributed by atoms with Crippen molar-refractivity contribution < 1.29 is 8.78 Å². The lowest BCUT2D eigenvalue weighted by Crippen LogP contribution is -2.03. The zero-order valence-corrected chi connectivity index (χ0v) is 13.2. The Balaban J connectivity index is 3.63. The van der Waals surface area contributed by atoms with Crippen molar-refractivity contribution in [3.05, 3.63) is 31.7 Å². The molecule has 0 spiro atoms. The van der Waals surface area contributed by atoms with E-state index in [1.807, 2.05) is 0 Å². The summed E-state index contributed by atoms with van der Waals surface area (Å²) in [5, 5.41) is -0.682. The van der Waals surface area contributed by atoms with Gasteiger partial charge in [0, 0.05) is 11.1 Å². The monoisotopic (exact) mass is 414 g/mol.